The first-order valence-corrected chi connectivity index (χ1v) is 7.02. The van der Waals surface area contributed by atoms with Crippen LogP contribution in [0.1, 0.15) is 27.6 Å². The van der Waals surface area contributed by atoms with Gasteiger partial charge in [0.25, 0.3) is 5.91 Å². The van der Waals surface area contributed by atoms with Gasteiger partial charge in [-0.2, -0.15) is 0 Å². The van der Waals surface area contributed by atoms with Crippen molar-refractivity contribution in [3.63, 3.8) is 0 Å². The lowest BCUT2D eigenvalue weighted by Gasteiger charge is -2.05. The van der Waals surface area contributed by atoms with Gasteiger partial charge in [-0.25, -0.2) is 14.6 Å². The molecule has 0 saturated heterocycles. The summed E-state index contributed by atoms with van der Waals surface area (Å²) in [4.78, 5) is 24.3. The molecule has 116 valence electrons. The van der Waals surface area contributed by atoms with Crippen LogP contribution in [0.25, 0.3) is 0 Å². The Kier molecular flexibility index (Phi) is 4.05. The number of rotatable bonds is 4. The molecular weight excluding hydrogens is 294 g/mol. The number of aromatic nitrogens is 6. The first-order valence-electron chi connectivity index (χ1n) is 7.02. The highest BCUT2D eigenvalue weighted by Crippen LogP contribution is 2.10. The number of anilines is 1. The Bertz CT molecular complexity index is 812. The number of pyridine rings is 1. The highest BCUT2D eigenvalue weighted by atomic mass is 16.2. The number of carbonyl (C=O) groups excluding carboxylic acids is 1. The molecule has 0 unspecified atom stereocenters. The molecule has 0 atom stereocenters. The van der Waals surface area contributed by atoms with Crippen LogP contribution in [0, 0.1) is 13.8 Å². The minimum absolute atomic E-state index is 0.277. The largest absolute Gasteiger partial charge is 0.318 e. The molecule has 0 saturated carbocycles. The molecule has 3 heterocycles. The van der Waals surface area contributed by atoms with Crippen LogP contribution in [0.3, 0.4) is 0 Å². The average Bonchev–Trinajstić information content (AvgIpc) is 2.92. The zero-order chi connectivity index (χ0) is 16.2. The summed E-state index contributed by atoms with van der Waals surface area (Å²) < 4.78 is 1.68. The molecule has 1 amide bonds. The van der Waals surface area contributed by atoms with Crippen LogP contribution in [-0.2, 0) is 6.54 Å². The van der Waals surface area contributed by atoms with Gasteiger partial charge in [0.15, 0.2) is 5.69 Å². The third kappa shape index (κ3) is 3.37. The third-order valence-electron chi connectivity index (χ3n) is 3.32. The Morgan fingerprint density at radius 2 is 1.87 bits per heavy atom. The number of hydrogen-bond donors (Lipinski definition) is 1. The maximum atomic E-state index is 12.3. The van der Waals surface area contributed by atoms with Gasteiger partial charge in [-0.05, 0) is 31.5 Å². The second kappa shape index (κ2) is 6.30. The molecular formula is C15H15N7O. The summed E-state index contributed by atoms with van der Waals surface area (Å²) in [5.41, 5.74) is 2.52. The zero-order valence-corrected chi connectivity index (χ0v) is 12.8. The summed E-state index contributed by atoms with van der Waals surface area (Å²) in [6.07, 6.45) is 6.53. The van der Waals surface area contributed by atoms with E-state index in [0.29, 0.717) is 23.8 Å². The van der Waals surface area contributed by atoms with Crippen molar-refractivity contribution in [2.75, 3.05) is 5.32 Å². The maximum absolute atomic E-state index is 12.3. The van der Waals surface area contributed by atoms with Crippen LogP contribution < -0.4 is 5.32 Å². The molecule has 3 aromatic rings. The van der Waals surface area contributed by atoms with E-state index in [4.69, 9.17) is 0 Å². The lowest BCUT2D eigenvalue weighted by Crippen LogP contribution is -2.15. The Morgan fingerprint density at radius 1 is 1.17 bits per heavy atom. The fourth-order valence-corrected chi connectivity index (χ4v) is 2.03. The molecule has 0 radical (unpaired) electrons. The summed E-state index contributed by atoms with van der Waals surface area (Å²) in [7, 11) is 0. The first kappa shape index (κ1) is 14.8. The van der Waals surface area contributed by atoms with Crippen molar-refractivity contribution in [1.82, 2.24) is 29.9 Å². The Labute approximate surface area is 132 Å². The van der Waals surface area contributed by atoms with Gasteiger partial charge in [0.1, 0.15) is 5.82 Å². The summed E-state index contributed by atoms with van der Waals surface area (Å²) in [6.45, 7) is 4.12. The van der Waals surface area contributed by atoms with Crippen molar-refractivity contribution in [2.45, 2.75) is 20.4 Å². The number of carbonyl (C=O) groups is 1. The Morgan fingerprint density at radius 3 is 2.57 bits per heavy atom. The highest BCUT2D eigenvalue weighted by molar-refractivity contribution is 6.03. The monoisotopic (exact) mass is 309 g/mol. The average molecular weight is 309 g/mol. The summed E-state index contributed by atoms with van der Waals surface area (Å²) in [5.74, 6) is 0.304. The fraction of sp³-hybridized carbons (Fsp3) is 0.200. The number of nitrogens with one attached hydrogen (secondary N) is 1. The van der Waals surface area contributed by atoms with Crippen LogP contribution >= 0.6 is 0 Å². The van der Waals surface area contributed by atoms with Crippen molar-refractivity contribution in [3.8, 4) is 0 Å². The summed E-state index contributed by atoms with van der Waals surface area (Å²) in [5, 5.41) is 10.7. The topological polar surface area (TPSA) is 98.5 Å². The van der Waals surface area contributed by atoms with Crippen molar-refractivity contribution < 1.29 is 4.79 Å². The maximum Gasteiger partial charge on any atom is 0.278 e. The molecule has 0 spiro atoms. The third-order valence-corrected chi connectivity index (χ3v) is 3.32. The predicted molar refractivity (Wildman–Crippen MR) is 82.8 cm³/mol. The summed E-state index contributed by atoms with van der Waals surface area (Å²) in [6, 6.07) is 3.79. The fourth-order valence-electron chi connectivity index (χ4n) is 2.03. The SMILES string of the molecule is Cc1ncc(NC(=O)c2nnn(Cc3ccncc3)c2C)cn1. The van der Waals surface area contributed by atoms with Crippen LogP contribution in [0.2, 0.25) is 0 Å². The van der Waals surface area contributed by atoms with Crippen LogP contribution in [0.15, 0.2) is 36.9 Å². The zero-order valence-electron chi connectivity index (χ0n) is 12.8. The predicted octanol–water partition coefficient (Wildman–Crippen LogP) is 1.38. The van der Waals surface area contributed by atoms with Crippen molar-refractivity contribution in [1.29, 1.82) is 0 Å². The molecule has 3 aromatic heterocycles. The summed E-state index contributed by atoms with van der Waals surface area (Å²) >= 11 is 0. The molecule has 23 heavy (non-hydrogen) atoms. The number of amides is 1. The van der Waals surface area contributed by atoms with E-state index in [1.807, 2.05) is 19.1 Å². The molecule has 0 bridgehead atoms. The minimum atomic E-state index is -0.337. The lowest BCUT2D eigenvalue weighted by atomic mass is 10.2. The van der Waals surface area contributed by atoms with Crippen LogP contribution in [0.5, 0.6) is 0 Å². The number of nitrogens with zero attached hydrogens (tertiary/aromatic N) is 6. The van der Waals surface area contributed by atoms with Gasteiger partial charge in [-0.3, -0.25) is 9.78 Å². The van der Waals surface area contributed by atoms with Crippen LogP contribution in [-0.4, -0.2) is 35.9 Å². The highest BCUT2D eigenvalue weighted by Gasteiger charge is 2.17. The quantitative estimate of drug-likeness (QED) is 0.781. The smallest absolute Gasteiger partial charge is 0.278 e. The molecule has 8 heteroatoms. The van der Waals surface area contributed by atoms with E-state index in [1.165, 1.54) is 0 Å². The van der Waals surface area contributed by atoms with E-state index in [-0.39, 0.29) is 11.6 Å². The number of aryl methyl sites for hydroxylation is 1. The van der Waals surface area contributed by atoms with E-state index < -0.39 is 0 Å². The van der Waals surface area contributed by atoms with Gasteiger partial charge >= 0.3 is 0 Å². The van der Waals surface area contributed by atoms with Gasteiger partial charge in [-0.15, -0.1) is 5.10 Å². The van der Waals surface area contributed by atoms with Gasteiger partial charge in [0.05, 0.1) is 30.3 Å². The van der Waals surface area contributed by atoms with E-state index in [1.54, 1.807) is 36.4 Å². The lowest BCUT2D eigenvalue weighted by molar-refractivity contribution is 0.102. The van der Waals surface area contributed by atoms with Crippen molar-refractivity contribution in [3.05, 3.63) is 59.7 Å². The molecule has 0 aromatic carbocycles. The molecule has 8 nitrogen and oxygen atoms in total. The molecule has 1 N–H and O–H groups in total. The van der Waals surface area contributed by atoms with E-state index in [0.717, 1.165) is 5.56 Å². The van der Waals surface area contributed by atoms with Crippen molar-refractivity contribution in [2.24, 2.45) is 0 Å². The molecule has 0 fully saturated rings. The Balaban J connectivity index is 1.75. The van der Waals surface area contributed by atoms with Gasteiger partial charge in [-0.1, -0.05) is 5.21 Å². The Hall–Kier alpha value is -3.16. The van der Waals surface area contributed by atoms with Gasteiger partial charge in [0, 0.05) is 12.4 Å². The molecule has 0 aliphatic carbocycles. The number of hydrogen-bond acceptors (Lipinski definition) is 6. The molecule has 0 aliphatic heterocycles. The first-order chi connectivity index (χ1) is 11.1. The molecule has 3 rings (SSSR count). The van der Waals surface area contributed by atoms with E-state index in [9.17, 15) is 4.79 Å². The van der Waals surface area contributed by atoms with Gasteiger partial charge < -0.3 is 5.32 Å². The normalized spacial score (nSPS) is 10.5. The van der Waals surface area contributed by atoms with E-state index >= 15 is 0 Å². The van der Waals surface area contributed by atoms with Crippen LogP contribution in [0.4, 0.5) is 5.69 Å². The van der Waals surface area contributed by atoms with Gasteiger partial charge in [0.2, 0.25) is 0 Å². The minimum Gasteiger partial charge on any atom is -0.318 e. The van der Waals surface area contributed by atoms with E-state index in [2.05, 4.69) is 30.6 Å². The molecule has 0 aliphatic rings. The van der Waals surface area contributed by atoms with Crippen molar-refractivity contribution >= 4 is 11.6 Å². The second-order valence-electron chi connectivity index (χ2n) is 5.01. The second-order valence-corrected chi connectivity index (χ2v) is 5.01. The standard InChI is InChI=1S/C15H15N7O/c1-10-14(15(23)19-13-7-17-11(2)18-8-13)20-21-22(10)9-12-3-5-16-6-4-12/h3-8H,9H2,1-2H3,(H,19,23).